The summed E-state index contributed by atoms with van der Waals surface area (Å²) >= 11 is 0. The second-order valence-corrected chi connectivity index (χ2v) is 5.41. The van der Waals surface area contributed by atoms with Crippen LogP contribution in [0.2, 0.25) is 0 Å². The number of H-pyrrole nitrogens is 2. The molecule has 0 spiro atoms. The molecular formula is C19H13N3O2. The van der Waals surface area contributed by atoms with E-state index >= 15 is 0 Å². The van der Waals surface area contributed by atoms with Crippen molar-refractivity contribution in [1.82, 2.24) is 15.0 Å². The van der Waals surface area contributed by atoms with Crippen LogP contribution < -0.4 is 5.56 Å². The van der Waals surface area contributed by atoms with E-state index in [9.17, 15) is 9.59 Å². The van der Waals surface area contributed by atoms with Gasteiger partial charge in [-0.15, -0.1) is 0 Å². The van der Waals surface area contributed by atoms with Crippen LogP contribution in [0.1, 0.15) is 16.1 Å². The van der Waals surface area contributed by atoms with Crippen LogP contribution >= 0.6 is 0 Å². The van der Waals surface area contributed by atoms with Gasteiger partial charge in [-0.25, -0.2) is 4.98 Å². The Bertz CT molecular complexity index is 1090. The minimum absolute atomic E-state index is 0.105. The fourth-order valence-corrected chi connectivity index (χ4v) is 2.75. The van der Waals surface area contributed by atoms with E-state index in [0.29, 0.717) is 11.3 Å². The highest BCUT2D eigenvalue weighted by molar-refractivity contribution is 6.07. The van der Waals surface area contributed by atoms with Gasteiger partial charge in [-0.1, -0.05) is 42.5 Å². The van der Waals surface area contributed by atoms with Gasteiger partial charge >= 0.3 is 0 Å². The second kappa shape index (κ2) is 5.62. The highest BCUT2D eigenvalue weighted by atomic mass is 16.1. The summed E-state index contributed by atoms with van der Waals surface area (Å²) in [6.45, 7) is 0. The van der Waals surface area contributed by atoms with Gasteiger partial charge in [0.25, 0.3) is 5.56 Å². The zero-order chi connectivity index (χ0) is 16.5. The van der Waals surface area contributed by atoms with E-state index in [0.717, 1.165) is 16.5 Å². The highest BCUT2D eigenvalue weighted by Crippen LogP contribution is 2.25. The molecule has 0 aliphatic carbocycles. The lowest BCUT2D eigenvalue weighted by Gasteiger charge is -2.05. The molecule has 4 aromatic rings. The predicted molar refractivity (Wildman–Crippen MR) is 92.0 cm³/mol. The van der Waals surface area contributed by atoms with Crippen molar-refractivity contribution in [3.05, 3.63) is 88.6 Å². The molecule has 2 heterocycles. The largest absolute Gasteiger partial charge is 0.361 e. The van der Waals surface area contributed by atoms with Crippen LogP contribution in [0.5, 0.6) is 0 Å². The number of rotatable bonds is 3. The van der Waals surface area contributed by atoms with Crippen LogP contribution in [0.15, 0.2) is 71.8 Å². The van der Waals surface area contributed by atoms with Crippen molar-refractivity contribution in [2.75, 3.05) is 0 Å². The van der Waals surface area contributed by atoms with Crippen LogP contribution in [0.4, 0.5) is 0 Å². The van der Waals surface area contributed by atoms with E-state index in [2.05, 4.69) is 15.0 Å². The second-order valence-electron chi connectivity index (χ2n) is 5.41. The number of fused-ring (bicyclic) bond motifs is 1. The van der Waals surface area contributed by atoms with Crippen molar-refractivity contribution >= 4 is 16.7 Å². The molecule has 0 radical (unpaired) electrons. The van der Waals surface area contributed by atoms with Gasteiger partial charge in [0.05, 0.1) is 11.9 Å². The monoisotopic (exact) mass is 315 g/mol. The average molecular weight is 315 g/mol. The molecule has 0 unspecified atom stereocenters. The predicted octanol–water partition coefficient (Wildman–Crippen LogP) is 3.15. The molecular weight excluding hydrogens is 302 g/mol. The van der Waals surface area contributed by atoms with Crippen molar-refractivity contribution in [1.29, 1.82) is 0 Å². The molecule has 4 rings (SSSR count). The fraction of sp³-hybridized carbons (Fsp3) is 0. The maximum absolute atomic E-state index is 12.4. The number of nitrogens with zero attached hydrogens (tertiary/aromatic N) is 1. The zero-order valence-corrected chi connectivity index (χ0v) is 12.6. The number of carbonyl (C=O) groups is 1. The van der Waals surface area contributed by atoms with Crippen LogP contribution in [0.25, 0.3) is 22.2 Å². The van der Waals surface area contributed by atoms with E-state index in [1.165, 1.54) is 6.20 Å². The first-order chi connectivity index (χ1) is 11.7. The third-order valence-corrected chi connectivity index (χ3v) is 3.92. The number of nitrogens with one attached hydrogen (secondary N) is 2. The minimum atomic E-state index is -0.492. The molecule has 0 saturated heterocycles. The number of aromatic amines is 2. The van der Waals surface area contributed by atoms with E-state index in [4.69, 9.17) is 0 Å². The minimum Gasteiger partial charge on any atom is -0.361 e. The highest BCUT2D eigenvalue weighted by Gasteiger charge is 2.16. The maximum atomic E-state index is 12.4. The molecule has 0 fully saturated rings. The van der Waals surface area contributed by atoms with Gasteiger partial charge in [0.1, 0.15) is 0 Å². The van der Waals surface area contributed by atoms with Crippen molar-refractivity contribution in [2.45, 2.75) is 0 Å². The Morgan fingerprint density at radius 2 is 1.79 bits per heavy atom. The van der Waals surface area contributed by atoms with Crippen molar-refractivity contribution < 1.29 is 4.79 Å². The molecule has 5 nitrogen and oxygen atoms in total. The van der Waals surface area contributed by atoms with Crippen molar-refractivity contribution in [2.24, 2.45) is 0 Å². The van der Waals surface area contributed by atoms with Crippen molar-refractivity contribution in [3.8, 4) is 11.3 Å². The SMILES string of the molecule is O=C(c1ccccc1)c1ncc(-c2cccc3[nH]ccc23)[nH]c1=O. The summed E-state index contributed by atoms with van der Waals surface area (Å²) in [6, 6.07) is 16.3. The summed E-state index contributed by atoms with van der Waals surface area (Å²) in [5.74, 6) is -0.386. The van der Waals surface area contributed by atoms with Gasteiger partial charge in [-0.3, -0.25) is 9.59 Å². The molecule has 24 heavy (non-hydrogen) atoms. The number of hydrogen-bond acceptors (Lipinski definition) is 3. The molecule has 0 bridgehead atoms. The Kier molecular flexibility index (Phi) is 3.31. The third-order valence-electron chi connectivity index (χ3n) is 3.92. The Morgan fingerprint density at radius 3 is 2.58 bits per heavy atom. The van der Waals surface area contributed by atoms with Gasteiger partial charge in [-0.2, -0.15) is 0 Å². The standard InChI is InChI=1S/C19H13N3O2/c23-18(12-5-2-1-3-6-12)17-19(24)22-16(11-21-17)13-7-4-8-15-14(13)9-10-20-15/h1-11,20H,(H,22,24). The number of benzene rings is 2. The molecule has 0 aliphatic rings. The van der Waals surface area contributed by atoms with Crippen LogP contribution in [0.3, 0.4) is 0 Å². The summed E-state index contributed by atoms with van der Waals surface area (Å²) in [5, 5.41) is 0.983. The van der Waals surface area contributed by atoms with Crippen LogP contribution in [-0.2, 0) is 0 Å². The zero-order valence-electron chi connectivity index (χ0n) is 12.6. The average Bonchev–Trinajstić information content (AvgIpc) is 3.10. The number of carbonyl (C=O) groups excluding carboxylic acids is 1. The molecule has 2 aromatic carbocycles. The molecule has 0 aliphatic heterocycles. The number of hydrogen-bond donors (Lipinski definition) is 2. The van der Waals surface area contributed by atoms with E-state index in [1.807, 2.05) is 36.5 Å². The Balaban J connectivity index is 1.79. The fourth-order valence-electron chi connectivity index (χ4n) is 2.75. The third kappa shape index (κ3) is 2.32. The molecule has 0 saturated carbocycles. The summed E-state index contributed by atoms with van der Waals surface area (Å²) < 4.78 is 0. The van der Waals surface area contributed by atoms with E-state index < -0.39 is 5.56 Å². The molecule has 5 heteroatoms. The maximum Gasteiger partial charge on any atom is 0.278 e. The normalized spacial score (nSPS) is 10.8. The number of aromatic nitrogens is 3. The Hall–Kier alpha value is -3.47. The lowest BCUT2D eigenvalue weighted by atomic mass is 10.1. The quantitative estimate of drug-likeness (QED) is 0.570. The van der Waals surface area contributed by atoms with E-state index in [1.54, 1.807) is 24.3 Å². The van der Waals surface area contributed by atoms with Crippen LogP contribution in [0, 0.1) is 0 Å². The lowest BCUT2D eigenvalue weighted by Crippen LogP contribution is -2.21. The Morgan fingerprint density at radius 1 is 0.958 bits per heavy atom. The summed E-state index contributed by atoms with van der Waals surface area (Å²) in [4.78, 5) is 34.8. The molecule has 2 aromatic heterocycles. The lowest BCUT2D eigenvalue weighted by molar-refractivity contribution is 0.103. The van der Waals surface area contributed by atoms with E-state index in [-0.39, 0.29) is 11.5 Å². The smallest absolute Gasteiger partial charge is 0.278 e. The molecule has 0 atom stereocenters. The first kappa shape index (κ1) is 14.1. The topological polar surface area (TPSA) is 78.6 Å². The molecule has 0 amide bonds. The first-order valence-corrected chi connectivity index (χ1v) is 7.49. The van der Waals surface area contributed by atoms with Gasteiger partial charge in [-0.05, 0) is 12.1 Å². The van der Waals surface area contributed by atoms with Gasteiger partial charge in [0, 0.05) is 28.2 Å². The Labute approximate surface area is 137 Å². The molecule has 2 N–H and O–H groups in total. The number of ketones is 1. The van der Waals surface area contributed by atoms with Gasteiger partial charge in [0.15, 0.2) is 5.69 Å². The van der Waals surface area contributed by atoms with Gasteiger partial charge < -0.3 is 9.97 Å². The summed E-state index contributed by atoms with van der Waals surface area (Å²) in [6.07, 6.45) is 3.37. The first-order valence-electron chi connectivity index (χ1n) is 7.49. The van der Waals surface area contributed by atoms with Crippen LogP contribution in [-0.4, -0.2) is 20.7 Å². The van der Waals surface area contributed by atoms with Gasteiger partial charge in [0.2, 0.25) is 5.78 Å². The van der Waals surface area contributed by atoms with Crippen molar-refractivity contribution in [3.63, 3.8) is 0 Å². The molecule has 116 valence electrons. The summed E-state index contributed by atoms with van der Waals surface area (Å²) in [7, 11) is 0. The summed E-state index contributed by atoms with van der Waals surface area (Å²) in [5.41, 5.74) is 2.25.